The van der Waals surface area contributed by atoms with Gasteiger partial charge in [0.05, 0.1) is 32.0 Å². The molecule has 5 rings (SSSR count). The molecule has 10 heteroatoms. The van der Waals surface area contributed by atoms with Crippen LogP contribution in [0.4, 0.5) is 14.5 Å². The van der Waals surface area contributed by atoms with Crippen LogP contribution >= 0.6 is 0 Å². The normalized spacial score (nSPS) is 11.0. The molecule has 47 heavy (non-hydrogen) atoms. The maximum Gasteiger partial charge on any atom is 0.263 e. The number of unbranched alkanes of at least 4 members (excludes halogenated alkanes) is 3. The third-order valence-electron chi connectivity index (χ3n) is 7.90. The fraction of sp³-hybridized carbons (Fsp3) is 0.270. The van der Waals surface area contributed by atoms with Gasteiger partial charge in [0, 0.05) is 72.7 Å². The summed E-state index contributed by atoms with van der Waals surface area (Å²) in [7, 11) is 3.06. The lowest BCUT2D eigenvalue weighted by Gasteiger charge is -2.22. The van der Waals surface area contributed by atoms with E-state index in [0.29, 0.717) is 35.1 Å². The molecule has 3 aromatic carbocycles. The van der Waals surface area contributed by atoms with E-state index < -0.39 is 23.0 Å². The van der Waals surface area contributed by atoms with Gasteiger partial charge in [-0.1, -0.05) is 6.07 Å². The minimum Gasteiger partial charge on any atom is -0.497 e. The Morgan fingerprint density at radius 2 is 1.51 bits per heavy atom. The number of hydrogen-bond donors (Lipinski definition) is 0. The van der Waals surface area contributed by atoms with Gasteiger partial charge in [0.15, 0.2) is 12.4 Å². The lowest BCUT2D eigenvalue weighted by molar-refractivity contribution is -0.697. The maximum atomic E-state index is 14.1. The Bertz CT molecular complexity index is 1870. The molecule has 1 amide bonds. The number of carbonyl (C=O) groups excluding carboxylic acids is 1. The highest BCUT2D eigenvalue weighted by Crippen LogP contribution is 2.29. The number of fused-ring (bicyclic) bond motifs is 1. The molecule has 0 atom stereocenters. The van der Waals surface area contributed by atoms with Gasteiger partial charge in [-0.3, -0.25) is 9.59 Å². The van der Waals surface area contributed by atoms with Gasteiger partial charge in [0.25, 0.3) is 5.91 Å². The molecule has 2 aromatic heterocycles. The number of aromatic nitrogens is 2. The predicted molar refractivity (Wildman–Crippen MR) is 177 cm³/mol. The van der Waals surface area contributed by atoms with Crippen LogP contribution in [-0.4, -0.2) is 37.8 Å². The summed E-state index contributed by atoms with van der Waals surface area (Å²) >= 11 is 0. The molecule has 0 radical (unpaired) electrons. The highest BCUT2D eigenvalue weighted by Gasteiger charge is 2.24. The van der Waals surface area contributed by atoms with Gasteiger partial charge >= 0.3 is 0 Å². The van der Waals surface area contributed by atoms with E-state index >= 15 is 0 Å². The van der Waals surface area contributed by atoms with E-state index in [1.807, 2.05) is 18.2 Å². The third-order valence-corrected chi connectivity index (χ3v) is 7.90. The van der Waals surface area contributed by atoms with Gasteiger partial charge in [0.2, 0.25) is 5.43 Å². The van der Waals surface area contributed by atoms with Crippen molar-refractivity contribution in [1.29, 1.82) is 0 Å². The Labute approximate surface area is 272 Å². The van der Waals surface area contributed by atoms with Crippen molar-refractivity contribution in [3.8, 4) is 22.9 Å². The van der Waals surface area contributed by atoms with E-state index in [1.165, 1.54) is 25.3 Å². The number of hydrogen-bond acceptors (Lipinski definition) is 5. The zero-order valence-electron chi connectivity index (χ0n) is 26.7. The average molecular weight is 643 g/mol. The van der Waals surface area contributed by atoms with Gasteiger partial charge in [-0.15, -0.1) is 0 Å². The molecule has 8 nitrogen and oxygen atoms in total. The minimum absolute atomic E-state index is 0.00617. The fourth-order valence-electron chi connectivity index (χ4n) is 5.50. The molecular weight excluding hydrogens is 604 g/mol. The molecule has 0 aliphatic rings. The van der Waals surface area contributed by atoms with Crippen molar-refractivity contribution >= 4 is 22.5 Å². The Hall–Kier alpha value is -5.25. The van der Waals surface area contributed by atoms with Crippen LogP contribution in [0.25, 0.3) is 16.6 Å². The van der Waals surface area contributed by atoms with E-state index in [4.69, 9.17) is 14.2 Å². The van der Waals surface area contributed by atoms with Gasteiger partial charge in [-0.05, 0) is 50.5 Å². The lowest BCUT2D eigenvalue weighted by atomic mass is 10.1. The van der Waals surface area contributed by atoms with Crippen molar-refractivity contribution in [2.45, 2.75) is 39.2 Å². The van der Waals surface area contributed by atoms with Crippen LogP contribution < -0.4 is 29.1 Å². The Morgan fingerprint density at radius 1 is 0.830 bits per heavy atom. The highest BCUT2D eigenvalue weighted by molar-refractivity contribution is 6.07. The number of nitrogens with zero attached hydrogens (tertiary/aromatic N) is 3. The van der Waals surface area contributed by atoms with Gasteiger partial charge in [0.1, 0.15) is 41.0 Å². The molecule has 244 valence electrons. The van der Waals surface area contributed by atoms with Crippen molar-refractivity contribution in [1.82, 2.24) is 4.57 Å². The Balaban J connectivity index is 1.45. The average Bonchev–Trinajstić information content (AvgIpc) is 3.08. The molecular formula is C37H38F2N3O5+. The standard InChI is InChI=1S/C37H38F2N3O5/c1-4-41(28-19-26(38)18-27(39)20-28)37(44)34-25-42(29-21-31(45-2)23-32(22-29)46-3)35-24-30(12-13-33(35)36(34)43)47-17-11-6-5-8-14-40-15-9-7-10-16-40/h7,9-10,12-13,15-16,18-25H,4-6,8,11,14,17H2,1-3H3/q+1. The van der Waals surface area contributed by atoms with Crippen LogP contribution in [0.3, 0.4) is 0 Å². The summed E-state index contributed by atoms with van der Waals surface area (Å²) in [6.07, 6.45) is 9.61. The van der Waals surface area contributed by atoms with E-state index in [9.17, 15) is 18.4 Å². The van der Waals surface area contributed by atoms with Gasteiger partial charge in [-0.2, -0.15) is 0 Å². The topological polar surface area (TPSA) is 73.9 Å². The monoisotopic (exact) mass is 642 g/mol. The van der Waals surface area contributed by atoms with Crippen LogP contribution in [0, 0.1) is 11.6 Å². The second-order valence-electron chi connectivity index (χ2n) is 11.0. The maximum absolute atomic E-state index is 14.1. The number of carbonyl (C=O) groups is 1. The first-order chi connectivity index (χ1) is 22.8. The van der Waals surface area contributed by atoms with Gasteiger partial charge in [-0.25, -0.2) is 13.3 Å². The van der Waals surface area contributed by atoms with Crippen LogP contribution in [0.5, 0.6) is 17.2 Å². The number of halogens is 2. The molecule has 0 bridgehead atoms. The third kappa shape index (κ3) is 7.95. The summed E-state index contributed by atoms with van der Waals surface area (Å²) in [6, 6.07) is 19.2. The van der Waals surface area contributed by atoms with E-state index in [0.717, 1.165) is 50.4 Å². The number of ether oxygens (including phenoxy) is 3. The number of methoxy groups -OCH3 is 2. The van der Waals surface area contributed by atoms with E-state index in [1.54, 1.807) is 47.9 Å². The Morgan fingerprint density at radius 3 is 2.17 bits per heavy atom. The van der Waals surface area contributed by atoms with Crippen molar-refractivity contribution < 1.29 is 32.4 Å². The second-order valence-corrected chi connectivity index (χ2v) is 11.0. The van der Waals surface area contributed by atoms with E-state index in [-0.39, 0.29) is 23.2 Å². The molecule has 2 heterocycles. The van der Waals surface area contributed by atoms with Gasteiger partial charge < -0.3 is 23.7 Å². The number of anilines is 1. The van der Waals surface area contributed by atoms with Crippen LogP contribution in [0.1, 0.15) is 43.0 Å². The number of aryl methyl sites for hydroxylation is 1. The largest absolute Gasteiger partial charge is 0.497 e. The van der Waals surface area contributed by atoms with Crippen molar-refractivity contribution in [2.24, 2.45) is 0 Å². The molecule has 0 saturated heterocycles. The quantitative estimate of drug-likeness (QED) is 0.0976. The van der Waals surface area contributed by atoms with Crippen molar-refractivity contribution in [2.75, 3.05) is 32.3 Å². The van der Waals surface area contributed by atoms with Crippen LogP contribution in [0.2, 0.25) is 0 Å². The summed E-state index contributed by atoms with van der Waals surface area (Å²) in [5, 5.41) is 0.268. The summed E-state index contributed by atoms with van der Waals surface area (Å²) in [5.41, 5.74) is 0.377. The van der Waals surface area contributed by atoms with Crippen molar-refractivity contribution in [3.63, 3.8) is 0 Å². The summed E-state index contributed by atoms with van der Waals surface area (Å²) in [6.45, 7) is 3.22. The number of amides is 1. The fourth-order valence-corrected chi connectivity index (χ4v) is 5.50. The molecule has 0 spiro atoms. The second kappa shape index (κ2) is 15.4. The minimum atomic E-state index is -0.829. The molecule has 0 aliphatic heterocycles. The zero-order valence-corrected chi connectivity index (χ0v) is 26.7. The molecule has 5 aromatic rings. The SMILES string of the molecule is CCN(C(=O)c1cn(-c2cc(OC)cc(OC)c2)c2cc(OCCCCCC[n+]3ccccc3)ccc2c1=O)c1cc(F)cc(F)c1. The number of benzene rings is 3. The molecule has 0 aliphatic carbocycles. The molecule has 0 fully saturated rings. The smallest absolute Gasteiger partial charge is 0.263 e. The van der Waals surface area contributed by atoms with Crippen LogP contribution in [-0.2, 0) is 6.54 Å². The first-order valence-electron chi connectivity index (χ1n) is 15.6. The summed E-state index contributed by atoms with van der Waals surface area (Å²) in [5.74, 6) is -0.775. The first kappa shape index (κ1) is 33.1. The lowest BCUT2D eigenvalue weighted by Crippen LogP contribution is -2.35. The molecule has 0 saturated carbocycles. The number of rotatable bonds is 14. The van der Waals surface area contributed by atoms with E-state index in [2.05, 4.69) is 17.0 Å². The Kier molecular flexibility index (Phi) is 10.8. The predicted octanol–water partition coefficient (Wildman–Crippen LogP) is 6.88. The number of pyridine rings is 2. The molecule has 0 unspecified atom stereocenters. The first-order valence-corrected chi connectivity index (χ1v) is 15.6. The summed E-state index contributed by atoms with van der Waals surface area (Å²) in [4.78, 5) is 28.9. The van der Waals surface area contributed by atoms with Crippen molar-refractivity contribution in [3.05, 3.63) is 119 Å². The summed E-state index contributed by atoms with van der Waals surface area (Å²) < 4.78 is 49.1. The highest BCUT2D eigenvalue weighted by atomic mass is 19.1. The molecule has 0 N–H and O–H groups in total. The van der Waals surface area contributed by atoms with Crippen LogP contribution in [0.15, 0.2) is 96.2 Å². The zero-order chi connectivity index (χ0) is 33.3.